The first kappa shape index (κ1) is 31.5. The molecule has 0 saturated carbocycles. The summed E-state index contributed by atoms with van der Waals surface area (Å²) in [6.07, 6.45) is 3.68. The van der Waals surface area contributed by atoms with Crippen molar-refractivity contribution in [2.45, 2.75) is 5.51 Å². The largest absolute Gasteiger partial charge is 0.264 e. The van der Waals surface area contributed by atoms with Crippen LogP contribution >= 0.6 is 7.92 Å². The summed E-state index contributed by atoms with van der Waals surface area (Å²) in [6, 6.07) is 45.0. The number of aromatic nitrogens is 1. The number of fused-ring (bicyclic) bond motifs is 2. The maximum absolute atomic E-state index is 10.7. The Morgan fingerprint density at radius 2 is 1.12 bits per heavy atom. The van der Waals surface area contributed by atoms with Crippen molar-refractivity contribution in [3.63, 3.8) is 0 Å². The van der Waals surface area contributed by atoms with Crippen molar-refractivity contribution in [2.75, 3.05) is 0 Å². The quantitative estimate of drug-likeness (QED) is 0.101. The molecule has 1 N–H and O–H groups in total. The van der Waals surface area contributed by atoms with Crippen molar-refractivity contribution in [1.29, 1.82) is 0 Å². The van der Waals surface area contributed by atoms with Gasteiger partial charge in [0.2, 0.25) is 0 Å². The molecule has 0 saturated heterocycles. The van der Waals surface area contributed by atoms with E-state index in [-0.39, 0.29) is 0 Å². The van der Waals surface area contributed by atoms with Gasteiger partial charge in [-0.1, -0.05) is 24.3 Å². The molecule has 0 fully saturated rings. The fourth-order valence-corrected chi connectivity index (χ4v) is 7.37. The number of halogens is 3. The Kier molecular flexibility index (Phi) is 10.6. The molecule has 0 aliphatic rings. The summed E-state index contributed by atoms with van der Waals surface area (Å²) >= 11 is 3.22. The van der Waals surface area contributed by atoms with E-state index in [1.807, 2.05) is 30.6 Å². The Bertz CT molecular complexity index is 1770. The van der Waals surface area contributed by atoms with Crippen LogP contribution in [0, 0.1) is 0 Å². The van der Waals surface area contributed by atoms with Gasteiger partial charge in [-0.15, -0.1) is 0 Å². The number of alkyl halides is 3. The summed E-state index contributed by atoms with van der Waals surface area (Å²) in [7, 11) is -6.41. The molecule has 0 radical (unpaired) electrons. The first-order valence-electron chi connectivity index (χ1n) is 12.4. The maximum Gasteiger partial charge on any atom is 0.0346 e. The van der Waals surface area contributed by atoms with Crippen molar-refractivity contribution >= 4 is 59.7 Å². The van der Waals surface area contributed by atoms with Crippen LogP contribution in [-0.4, -0.2) is 23.5 Å². The predicted molar refractivity (Wildman–Crippen MR) is 162 cm³/mol. The smallest absolute Gasteiger partial charge is 0.0346 e. The second-order valence-corrected chi connectivity index (χ2v) is 13.2. The first-order chi connectivity index (χ1) is 20.1. The van der Waals surface area contributed by atoms with E-state index in [0.29, 0.717) is 0 Å². The Hall–Kier alpha value is -3.48. The Morgan fingerprint density at radius 3 is 1.64 bits per heavy atom. The van der Waals surface area contributed by atoms with E-state index in [1.165, 1.54) is 41.6 Å². The molecule has 0 aliphatic carbocycles. The molecule has 0 atom stereocenters. The van der Waals surface area contributed by atoms with Gasteiger partial charge < -0.3 is 0 Å². The van der Waals surface area contributed by atoms with Crippen LogP contribution < -0.4 is 20.1 Å². The molecule has 5 aromatic carbocycles. The second kappa shape index (κ2) is 14.1. The van der Waals surface area contributed by atoms with E-state index in [4.69, 9.17) is 13.0 Å². The van der Waals surface area contributed by atoms with Crippen LogP contribution in [0.1, 0.15) is 0 Å². The summed E-state index contributed by atoms with van der Waals surface area (Å²) in [5.41, 5.74) is -5.53. The van der Waals surface area contributed by atoms with Gasteiger partial charge >= 0.3 is 170 Å². The van der Waals surface area contributed by atoms with Crippen LogP contribution in [0.5, 0.6) is 0 Å². The van der Waals surface area contributed by atoms with Gasteiger partial charge in [0.05, 0.1) is 0 Å². The standard InChI is InChI=1S/C22H16P.C9H7N.CHF3O3S.Rh/c1-3-11-20(12-4-1)23(21-13-5-2-6-14-21)22-16-15-18-9-7-8-10-19(18)17-22;1-2-4-9-7-10-6-5-8(9)3-1;2-1(3,4)8(5,6)7;/h1-16H;1-7H;(H,5,6,7);. The number of nitrogens with zero attached hydrogens (tertiary/aromatic N) is 1. The van der Waals surface area contributed by atoms with Gasteiger partial charge in [-0.25, -0.2) is 0 Å². The van der Waals surface area contributed by atoms with Crippen LogP contribution in [-0.2, 0) is 28.4 Å². The van der Waals surface area contributed by atoms with Gasteiger partial charge in [-0.2, -0.15) is 21.6 Å². The Labute approximate surface area is 253 Å². The Morgan fingerprint density at radius 1 is 0.643 bits per heavy atom. The third-order valence-corrected chi connectivity index (χ3v) is 10.2. The minimum atomic E-state index is -5.84. The molecule has 42 heavy (non-hydrogen) atoms. The topological polar surface area (TPSA) is 67.3 Å². The Balaban J connectivity index is 0.000000184. The van der Waals surface area contributed by atoms with Gasteiger partial charge in [0.1, 0.15) is 0 Å². The summed E-state index contributed by atoms with van der Waals surface area (Å²) in [5, 5.41) is 9.20. The molecule has 1 aromatic heterocycles. The van der Waals surface area contributed by atoms with Crippen LogP contribution in [0.2, 0.25) is 0 Å². The maximum atomic E-state index is 10.7. The molecule has 0 spiro atoms. The average Bonchev–Trinajstić information content (AvgIpc) is 2.99. The average molecular weight is 693 g/mol. The van der Waals surface area contributed by atoms with E-state index >= 15 is 0 Å². The molecule has 216 valence electrons. The minimum absolute atomic E-state index is 0.568. The summed E-state index contributed by atoms with van der Waals surface area (Å²) in [5.74, 6) is 0. The third-order valence-electron chi connectivity index (χ3n) is 5.93. The summed E-state index contributed by atoms with van der Waals surface area (Å²) in [4.78, 5) is 4.01. The van der Waals surface area contributed by atoms with Crippen LogP contribution in [0.25, 0.3) is 21.5 Å². The molecule has 0 unspecified atom stereocenters. The molecular formula is C32H24F3NO3PRhS. The van der Waals surface area contributed by atoms with Crippen molar-refractivity contribution in [1.82, 2.24) is 4.98 Å². The van der Waals surface area contributed by atoms with Crippen molar-refractivity contribution in [3.8, 4) is 0 Å². The van der Waals surface area contributed by atoms with Gasteiger partial charge in [0, 0.05) is 12.4 Å². The number of benzene rings is 5. The summed E-state index contributed by atoms with van der Waals surface area (Å²) in [6.45, 7) is 0. The SMILES string of the molecule is O=S(=O)(O)C(F)(F)F.[Rh][c]1c(P(c2ccccc2)c2ccccc2)ccc2ccccc12.c1ccc2cnccc2c1. The molecule has 6 aromatic rings. The van der Waals surface area contributed by atoms with E-state index in [9.17, 15) is 13.2 Å². The van der Waals surface area contributed by atoms with Crippen LogP contribution in [0.4, 0.5) is 13.2 Å². The van der Waals surface area contributed by atoms with Gasteiger partial charge in [0.25, 0.3) is 0 Å². The fraction of sp³-hybridized carbons (Fsp3) is 0.0312. The normalized spacial score (nSPS) is 11.4. The number of pyridine rings is 1. The third kappa shape index (κ3) is 8.08. The molecular weight excluding hydrogens is 669 g/mol. The van der Waals surface area contributed by atoms with Crippen LogP contribution in [0.3, 0.4) is 0 Å². The first-order valence-corrected chi connectivity index (χ1v) is 16.0. The van der Waals surface area contributed by atoms with Crippen molar-refractivity contribution in [2.24, 2.45) is 0 Å². The van der Waals surface area contributed by atoms with Gasteiger partial charge in [-0.05, 0) is 16.8 Å². The van der Waals surface area contributed by atoms with E-state index < -0.39 is 23.5 Å². The van der Waals surface area contributed by atoms with Crippen molar-refractivity contribution < 1.29 is 44.4 Å². The zero-order valence-corrected chi connectivity index (χ0v) is 25.2. The number of hydrogen-bond acceptors (Lipinski definition) is 3. The molecule has 0 bridgehead atoms. The van der Waals surface area contributed by atoms with Gasteiger partial charge in [0.15, 0.2) is 0 Å². The second-order valence-electron chi connectivity index (χ2n) is 8.75. The summed E-state index contributed by atoms with van der Waals surface area (Å²) < 4.78 is 58.8. The predicted octanol–water partition coefficient (Wildman–Crippen LogP) is 6.40. The van der Waals surface area contributed by atoms with E-state index in [1.54, 1.807) is 0 Å². The molecule has 0 aliphatic heterocycles. The molecule has 10 heteroatoms. The number of hydrogen-bond donors (Lipinski definition) is 1. The molecule has 6 rings (SSSR count). The zero-order valence-electron chi connectivity index (χ0n) is 21.8. The molecule has 0 amide bonds. The minimum Gasteiger partial charge on any atom is -0.264 e. The molecule has 1 heterocycles. The zero-order chi connectivity index (χ0) is 30.2. The fourth-order valence-electron chi connectivity index (χ4n) is 3.98. The van der Waals surface area contributed by atoms with Gasteiger partial charge in [-0.3, -0.25) is 9.54 Å². The number of rotatable bonds is 3. The molecule has 4 nitrogen and oxygen atoms in total. The van der Waals surface area contributed by atoms with E-state index in [0.717, 1.165) is 0 Å². The van der Waals surface area contributed by atoms with Crippen LogP contribution in [0.15, 0.2) is 140 Å². The monoisotopic (exact) mass is 693 g/mol. The van der Waals surface area contributed by atoms with Crippen molar-refractivity contribution in [3.05, 3.63) is 140 Å². The van der Waals surface area contributed by atoms with E-state index in [2.05, 4.69) is 132 Å².